The summed E-state index contributed by atoms with van der Waals surface area (Å²) in [6.45, 7) is 0. The molecule has 0 aliphatic heterocycles. The Labute approximate surface area is 495 Å². The first kappa shape index (κ1) is 50.7. The van der Waals surface area contributed by atoms with Crippen molar-refractivity contribution in [3.63, 3.8) is 0 Å². The van der Waals surface area contributed by atoms with Crippen LogP contribution in [0.15, 0.2) is 279 Å². The molecule has 12 aromatic carbocycles. The molecule has 0 atom stereocenters. The van der Waals surface area contributed by atoms with Gasteiger partial charge in [-0.1, -0.05) is 200 Å². The molecule has 8 nitrogen and oxygen atoms in total. The van der Waals surface area contributed by atoms with E-state index < -0.39 is 0 Å². The maximum absolute atomic E-state index is 10.5. The Bertz CT molecular complexity index is 5050. The van der Waals surface area contributed by atoms with Gasteiger partial charge in [0.05, 0.1) is 68.3 Å². The monoisotopic (exact) mass is 1090 g/mol. The van der Waals surface area contributed by atoms with Crippen LogP contribution in [-0.4, -0.2) is 24.1 Å². The number of benzene rings is 12. The summed E-state index contributed by atoms with van der Waals surface area (Å²) in [5, 5.41) is 35.5. The third kappa shape index (κ3) is 8.73. The van der Waals surface area contributed by atoms with E-state index in [9.17, 15) is 15.8 Å². The highest BCUT2D eigenvalue weighted by Crippen LogP contribution is 2.43. The smallest absolute Gasteiger partial charge is 0.166 e. The molecule has 0 radical (unpaired) electrons. The van der Waals surface area contributed by atoms with Gasteiger partial charge in [0.25, 0.3) is 0 Å². The second kappa shape index (κ2) is 21.2. The van der Waals surface area contributed by atoms with Crippen molar-refractivity contribution >= 4 is 43.6 Å². The molecule has 15 rings (SSSR count). The Morgan fingerprint density at radius 3 is 1.01 bits per heavy atom. The Morgan fingerprint density at radius 2 is 0.570 bits per heavy atom. The van der Waals surface area contributed by atoms with Gasteiger partial charge in [0.2, 0.25) is 0 Å². The van der Waals surface area contributed by atoms with Gasteiger partial charge >= 0.3 is 0 Å². The highest BCUT2D eigenvalue weighted by atomic mass is 15.1. The van der Waals surface area contributed by atoms with Crippen LogP contribution in [0.25, 0.3) is 145 Å². The lowest BCUT2D eigenvalue weighted by molar-refractivity contribution is 1.06. The fourth-order valence-electron chi connectivity index (χ4n) is 12.3. The maximum atomic E-state index is 10.5. The summed E-state index contributed by atoms with van der Waals surface area (Å²) >= 11 is 0. The van der Waals surface area contributed by atoms with E-state index in [1.165, 1.54) is 0 Å². The van der Waals surface area contributed by atoms with Crippen LogP contribution >= 0.6 is 0 Å². The van der Waals surface area contributed by atoms with Gasteiger partial charge in [-0.05, 0) is 134 Å². The largest absolute Gasteiger partial charge is 0.308 e. The van der Waals surface area contributed by atoms with Crippen LogP contribution in [0.3, 0.4) is 0 Å². The first-order chi connectivity index (χ1) is 42.5. The number of para-hydroxylation sites is 2. The lowest BCUT2D eigenvalue weighted by atomic mass is 9.97. The minimum atomic E-state index is 0.422. The third-order valence-corrected chi connectivity index (χ3v) is 16.4. The molecule has 0 fully saturated rings. The molecule has 398 valence electrons. The number of fused-ring (bicyclic) bond motifs is 6. The van der Waals surface area contributed by atoms with Gasteiger partial charge in [-0.3, -0.25) is 0 Å². The van der Waals surface area contributed by atoms with E-state index in [1.807, 2.05) is 109 Å². The standard InChI is InChI=1S/C78H46N8/c79-47-58-21-7-10-24-61(58)52-31-33-53(34-32-52)76-82-77(66-39-35-56(62-25-11-8-22-59(62)48-80)45-74(66)85-70-29-15-13-27-64(70)68-43-54(37-41-72(68)85)50-17-3-1-4-18-50)84-78(83-76)67-40-36-57(63-26-12-9-23-60(63)49-81)46-75(67)86-71-30-16-14-28-65(71)69-44-55(38-42-73(69)86)51-19-5-2-6-20-51/h1-46H. The Kier molecular flexibility index (Phi) is 12.5. The van der Waals surface area contributed by atoms with Gasteiger partial charge in [0.15, 0.2) is 17.5 Å². The van der Waals surface area contributed by atoms with E-state index in [0.717, 1.165) is 127 Å². The fourth-order valence-corrected chi connectivity index (χ4v) is 12.3. The SMILES string of the molecule is N#Cc1ccccc1-c1ccc(-c2nc(-c3ccc(-c4ccccc4C#N)cc3-n3c4ccccc4c4cc(-c5ccccc5)ccc43)nc(-c3ccc(-c4ccccc4C#N)cc3-n3c4ccccc4c4cc(-c5ccccc5)ccc43)n2)cc1. The van der Waals surface area contributed by atoms with E-state index in [4.69, 9.17) is 15.0 Å². The van der Waals surface area contributed by atoms with Crippen LogP contribution in [0.4, 0.5) is 0 Å². The Morgan fingerprint density at radius 1 is 0.233 bits per heavy atom. The van der Waals surface area contributed by atoms with E-state index in [2.05, 4.69) is 197 Å². The molecule has 0 amide bonds. The number of hydrogen-bond donors (Lipinski definition) is 0. The second-order valence-corrected chi connectivity index (χ2v) is 21.2. The Hall–Kier alpha value is -12.3. The minimum absolute atomic E-state index is 0.422. The molecule has 0 spiro atoms. The molecule has 0 saturated heterocycles. The molecule has 86 heavy (non-hydrogen) atoms. The first-order valence-electron chi connectivity index (χ1n) is 28.3. The normalized spacial score (nSPS) is 11.2. The zero-order chi connectivity index (χ0) is 57.7. The molecule has 0 N–H and O–H groups in total. The van der Waals surface area contributed by atoms with Crippen molar-refractivity contribution < 1.29 is 0 Å². The summed E-state index contributed by atoms with van der Waals surface area (Å²) in [5.74, 6) is 1.28. The predicted molar refractivity (Wildman–Crippen MR) is 346 cm³/mol. The highest BCUT2D eigenvalue weighted by Gasteiger charge is 2.25. The number of aromatic nitrogens is 5. The average molecular weight is 1100 g/mol. The summed E-state index contributed by atoms with van der Waals surface area (Å²) in [6.07, 6.45) is 0. The van der Waals surface area contributed by atoms with Crippen molar-refractivity contribution in [2.75, 3.05) is 0 Å². The third-order valence-electron chi connectivity index (χ3n) is 16.4. The highest BCUT2D eigenvalue weighted by molar-refractivity contribution is 6.12. The molecule has 0 aliphatic rings. The van der Waals surface area contributed by atoms with Crippen molar-refractivity contribution in [3.8, 4) is 119 Å². The van der Waals surface area contributed by atoms with Crippen LogP contribution in [0, 0.1) is 34.0 Å². The molecular formula is C78H46N8. The van der Waals surface area contributed by atoms with Gasteiger partial charge in [-0.2, -0.15) is 15.8 Å². The molecule has 3 heterocycles. The molecule has 8 heteroatoms. The number of nitriles is 3. The van der Waals surface area contributed by atoms with Crippen molar-refractivity contribution in [2.45, 2.75) is 0 Å². The fraction of sp³-hybridized carbons (Fsp3) is 0. The summed E-state index contributed by atoms with van der Waals surface area (Å²) < 4.78 is 4.60. The minimum Gasteiger partial charge on any atom is -0.308 e. The van der Waals surface area contributed by atoms with Crippen LogP contribution in [-0.2, 0) is 0 Å². The summed E-state index contributed by atoms with van der Waals surface area (Å²) in [6, 6.07) is 102. The van der Waals surface area contributed by atoms with E-state index in [0.29, 0.717) is 34.2 Å². The van der Waals surface area contributed by atoms with Crippen LogP contribution in [0.1, 0.15) is 16.7 Å². The zero-order valence-corrected chi connectivity index (χ0v) is 46.1. The second-order valence-electron chi connectivity index (χ2n) is 21.2. The number of hydrogen-bond acceptors (Lipinski definition) is 6. The quantitative estimate of drug-likeness (QED) is 0.135. The summed E-state index contributed by atoms with van der Waals surface area (Å²) in [7, 11) is 0. The molecule has 15 aromatic rings. The van der Waals surface area contributed by atoms with Crippen LogP contribution in [0.2, 0.25) is 0 Å². The maximum Gasteiger partial charge on any atom is 0.166 e. The lowest BCUT2D eigenvalue weighted by Gasteiger charge is -2.18. The van der Waals surface area contributed by atoms with E-state index in [1.54, 1.807) is 0 Å². The van der Waals surface area contributed by atoms with Crippen molar-refractivity contribution in [1.29, 1.82) is 15.8 Å². The van der Waals surface area contributed by atoms with Crippen LogP contribution in [0.5, 0.6) is 0 Å². The first-order valence-corrected chi connectivity index (χ1v) is 28.3. The van der Waals surface area contributed by atoms with Gasteiger partial charge in [-0.25, -0.2) is 15.0 Å². The molecule has 0 saturated carbocycles. The number of nitrogens with zero attached hydrogens (tertiary/aromatic N) is 8. The van der Waals surface area contributed by atoms with Crippen molar-refractivity contribution in [1.82, 2.24) is 24.1 Å². The topological polar surface area (TPSA) is 120 Å². The molecule has 0 bridgehead atoms. The summed E-state index contributed by atoms with van der Waals surface area (Å²) in [5.41, 5.74) is 18.9. The van der Waals surface area contributed by atoms with Crippen molar-refractivity contribution in [2.24, 2.45) is 0 Å². The van der Waals surface area contributed by atoms with Crippen molar-refractivity contribution in [3.05, 3.63) is 296 Å². The molecule has 3 aromatic heterocycles. The van der Waals surface area contributed by atoms with Crippen LogP contribution < -0.4 is 0 Å². The predicted octanol–water partition coefficient (Wildman–Crippen LogP) is 19.0. The lowest BCUT2D eigenvalue weighted by Crippen LogP contribution is -2.06. The van der Waals surface area contributed by atoms with E-state index in [-0.39, 0.29) is 0 Å². The summed E-state index contributed by atoms with van der Waals surface area (Å²) in [4.78, 5) is 16.6. The van der Waals surface area contributed by atoms with E-state index >= 15 is 0 Å². The van der Waals surface area contributed by atoms with Gasteiger partial charge in [0, 0.05) is 38.2 Å². The van der Waals surface area contributed by atoms with Gasteiger partial charge in [-0.15, -0.1) is 0 Å². The molecule has 0 aliphatic carbocycles. The van der Waals surface area contributed by atoms with Gasteiger partial charge in [0.1, 0.15) is 0 Å². The zero-order valence-electron chi connectivity index (χ0n) is 46.1. The average Bonchev–Trinajstić information content (AvgIpc) is 2.62. The van der Waals surface area contributed by atoms with Gasteiger partial charge < -0.3 is 9.13 Å². The molecular weight excluding hydrogens is 1050 g/mol. The molecule has 0 unspecified atom stereocenters. The Balaban J connectivity index is 1.02. The number of rotatable bonds is 10.